The Balaban J connectivity index is 2.32. The number of nitrogens with zero attached hydrogens (tertiary/aromatic N) is 1. The van der Waals surface area contributed by atoms with Crippen LogP contribution < -0.4 is 5.56 Å². The van der Waals surface area contributed by atoms with Crippen LogP contribution in [0.25, 0.3) is 0 Å². The van der Waals surface area contributed by atoms with Crippen LogP contribution in [0.4, 0.5) is 5.69 Å². The molecule has 1 aromatic heterocycles. The van der Waals surface area contributed by atoms with Crippen LogP contribution in [0.15, 0.2) is 44.6 Å². The minimum atomic E-state index is -0.246. The van der Waals surface area contributed by atoms with E-state index < -0.39 is 0 Å². The molecule has 0 radical (unpaired) electrons. The zero-order chi connectivity index (χ0) is 12.3. The van der Waals surface area contributed by atoms with Gasteiger partial charge in [0.2, 0.25) is 0 Å². The molecule has 17 heavy (non-hydrogen) atoms. The highest BCUT2D eigenvalue weighted by Crippen LogP contribution is 2.17. The largest absolute Gasteiger partial charge is 0.331 e. The van der Waals surface area contributed by atoms with E-state index in [1.54, 1.807) is 6.21 Å². The van der Waals surface area contributed by atoms with Crippen molar-refractivity contribution in [2.75, 3.05) is 0 Å². The zero-order valence-electron chi connectivity index (χ0n) is 8.61. The summed E-state index contributed by atoms with van der Waals surface area (Å²) in [7, 11) is 0. The number of H-pyrrole nitrogens is 2. The number of aromatic nitrogens is 2. The second-order valence-corrected chi connectivity index (χ2v) is 4.61. The van der Waals surface area contributed by atoms with Gasteiger partial charge in [-0.05, 0) is 30.4 Å². The molecule has 0 aliphatic carbocycles. The molecule has 0 aliphatic heterocycles. The Labute approximate surface area is 111 Å². The van der Waals surface area contributed by atoms with Crippen molar-refractivity contribution in [2.45, 2.75) is 0 Å². The lowest BCUT2D eigenvalue weighted by Crippen LogP contribution is -2.07. The first-order chi connectivity index (χ1) is 8.13. The van der Waals surface area contributed by atoms with E-state index in [0.29, 0.717) is 5.69 Å². The molecule has 0 unspecified atom stereocenters. The van der Waals surface area contributed by atoms with E-state index in [4.69, 9.17) is 12.2 Å². The van der Waals surface area contributed by atoms with E-state index >= 15 is 0 Å². The molecule has 0 spiro atoms. The average molecular weight is 310 g/mol. The molecule has 0 amide bonds. The molecule has 2 N–H and O–H groups in total. The fourth-order valence-electron chi connectivity index (χ4n) is 1.26. The molecule has 86 valence electrons. The molecule has 0 bridgehead atoms. The highest BCUT2D eigenvalue weighted by Gasteiger charge is 1.92. The predicted molar refractivity (Wildman–Crippen MR) is 73.6 cm³/mol. The smallest absolute Gasteiger partial charge is 0.252 e. The molecular formula is C11H8BrN3OS. The van der Waals surface area contributed by atoms with Crippen LogP contribution in [0, 0.1) is 4.77 Å². The first-order valence-electron chi connectivity index (χ1n) is 4.77. The fraction of sp³-hybridized carbons (Fsp3) is 0. The normalized spacial score (nSPS) is 10.9. The number of aliphatic imine (C=N–C) groups is 1. The van der Waals surface area contributed by atoms with Crippen LogP contribution in [0.1, 0.15) is 5.69 Å². The SMILES string of the molecule is O=c1cc(C=Nc2cccc(Br)c2)[nH]c(=S)[nH]1. The summed E-state index contributed by atoms with van der Waals surface area (Å²) in [6.07, 6.45) is 1.56. The maximum atomic E-state index is 11.2. The lowest BCUT2D eigenvalue weighted by molar-refractivity contribution is 1.08. The molecule has 1 heterocycles. The van der Waals surface area contributed by atoms with Crippen LogP contribution in [0.3, 0.4) is 0 Å². The van der Waals surface area contributed by atoms with Gasteiger partial charge < -0.3 is 4.98 Å². The fourth-order valence-corrected chi connectivity index (χ4v) is 1.86. The Morgan fingerprint density at radius 1 is 1.29 bits per heavy atom. The summed E-state index contributed by atoms with van der Waals surface area (Å²) in [5, 5.41) is 0. The second-order valence-electron chi connectivity index (χ2n) is 3.28. The van der Waals surface area contributed by atoms with Gasteiger partial charge in [-0.25, -0.2) is 0 Å². The average Bonchev–Trinajstić information content (AvgIpc) is 2.25. The van der Waals surface area contributed by atoms with Crippen molar-refractivity contribution < 1.29 is 0 Å². The van der Waals surface area contributed by atoms with Gasteiger partial charge in [0.1, 0.15) is 0 Å². The number of benzene rings is 1. The summed E-state index contributed by atoms with van der Waals surface area (Å²) in [4.78, 5) is 20.7. The van der Waals surface area contributed by atoms with Crippen LogP contribution >= 0.6 is 28.1 Å². The predicted octanol–water partition coefficient (Wildman–Crippen LogP) is 2.95. The molecule has 2 rings (SSSR count). The zero-order valence-corrected chi connectivity index (χ0v) is 11.0. The van der Waals surface area contributed by atoms with Gasteiger partial charge in [-0.2, -0.15) is 0 Å². The Hall–Kier alpha value is -1.53. The van der Waals surface area contributed by atoms with Crippen LogP contribution in [-0.2, 0) is 0 Å². The minimum absolute atomic E-state index is 0.246. The molecule has 0 saturated carbocycles. The van der Waals surface area contributed by atoms with Crippen molar-refractivity contribution in [2.24, 2.45) is 4.99 Å². The Morgan fingerprint density at radius 2 is 2.12 bits per heavy atom. The summed E-state index contributed by atoms with van der Waals surface area (Å²) in [6.45, 7) is 0. The third-order valence-corrected chi connectivity index (χ3v) is 2.64. The van der Waals surface area contributed by atoms with Crippen molar-refractivity contribution in [3.63, 3.8) is 0 Å². The maximum absolute atomic E-state index is 11.2. The Kier molecular flexibility index (Phi) is 3.65. The highest BCUT2D eigenvalue weighted by molar-refractivity contribution is 9.10. The second kappa shape index (κ2) is 5.20. The van der Waals surface area contributed by atoms with E-state index in [1.165, 1.54) is 6.07 Å². The van der Waals surface area contributed by atoms with Gasteiger partial charge in [0.25, 0.3) is 5.56 Å². The van der Waals surface area contributed by atoms with Crippen molar-refractivity contribution >= 4 is 40.0 Å². The number of nitrogens with one attached hydrogen (secondary N) is 2. The Bertz CT molecular complexity index is 646. The third kappa shape index (κ3) is 3.47. The van der Waals surface area contributed by atoms with E-state index in [2.05, 4.69) is 30.9 Å². The number of aromatic amines is 2. The van der Waals surface area contributed by atoms with E-state index in [1.807, 2.05) is 24.3 Å². The lowest BCUT2D eigenvalue weighted by atomic mass is 10.3. The van der Waals surface area contributed by atoms with Crippen molar-refractivity contribution in [1.82, 2.24) is 9.97 Å². The van der Waals surface area contributed by atoms with Crippen LogP contribution in [-0.4, -0.2) is 16.2 Å². The van der Waals surface area contributed by atoms with Gasteiger partial charge in [0, 0.05) is 10.5 Å². The van der Waals surface area contributed by atoms with E-state index in [0.717, 1.165) is 10.2 Å². The van der Waals surface area contributed by atoms with Crippen LogP contribution in [0.2, 0.25) is 0 Å². The van der Waals surface area contributed by atoms with Crippen molar-refractivity contribution in [1.29, 1.82) is 0 Å². The first kappa shape index (κ1) is 11.9. The van der Waals surface area contributed by atoms with Gasteiger partial charge in [-0.15, -0.1) is 0 Å². The monoisotopic (exact) mass is 309 g/mol. The standard InChI is InChI=1S/C11H8BrN3OS/c12-7-2-1-3-8(4-7)13-6-9-5-10(16)15-11(17)14-9/h1-6H,(H2,14,15,16,17). The van der Waals surface area contributed by atoms with Gasteiger partial charge in [-0.3, -0.25) is 14.8 Å². The van der Waals surface area contributed by atoms with Gasteiger partial charge in [0.15, 0.2) is 4.77 Å². The third-order valence-electron chi connectivity index (χ3n) is 1.94. The molecular weight excluding hydrogens is 302 g/mol. The summed E-state index contributed by atoms with van der Waals surface area (Å²) < 4.78 is 1.24. The first-order valence-corrected chi connectivity index (χ1v) is 5.97. The summed E-state index contributed by atoms with van der Waals surface area (Å²) in [5.74, 6) is 0. The molecule has 0 atom stereocenters. The summed E-state index contributed by atoms with van der Waals surface area (Å²) >= 11 is 8.22. The molecule has 0 fully saturated rings. The highest BCUT2D eigenvalue weighted by atomic mass is 79.9. The number of hydrogen-bond donors (Lipinski definition) is 2. The molecule has 0 saturated heterocycles. The van der Waals surface area contributed by atoms with Crippen molar-refractivity contribution in [3.05, 3.63) is 55.6 Å². The lowest BCUT2D eigenvalue weighted by Gasteiger charge is -1.95. The molecule has 2 aromatic rings. The van der Waals surface area contributed by atoms with Crippen LogP contribution in [0.5, 0.6) is 0 Å². The molecule has 0 aliphatic rings. The van der Waals surface area contributed by atoms with Gasteiger partial charge >= 0.3 is 0 Å². The molecule has 1 aromatic carbocycles. The quantitative estimate of drug-likeness (QED) is 0.662. The number of hydrogen-bond acceptors (Lipinski definition) is 3. The Morgan fingerprint density at radius 3 is 2.82 bits per heavy atom. The number of halogens is 1. The summed E-state index contributed by atoms with van der Waals surface area (Å²) in [5.41, 5.74) is 1.11. The van der Waals surface area contributed by atoms with Crippen molar-refractivity contribution in [3.8, 4) is 0 Å². The van der Waals surface area contributed by atoms with E-state index in [-0.39, 0.29) is 10.3 Å². The van der Waals surface area contributed by atoms with E-state index in [9.17, 15) is 4.79 Å². The topological polar surface area (TPSA) is 61.0 Å². The van der Waals surface area contributed by atoms with Gasteiger partial charge in [-0.1, -0.05) is 22.0 Å². The number of rotatable bonds is 2. The summed E-state index contributed by atoms with van der Waals surface area (Å²) in [6, 6.07) is 8.94. The molecule has 4 nitrogen and oxygen atoms in total. The minimum Gasteiger partial charge on any atom is -0.331 e. The molecule has 6 heteroatoms. The van der Waals surface area contributed by atoms with Gasteiger partial charge in [0.05, 0.1) is 17.6 Å². The maximum Gasteiger partial charge on any atom is 0.252 e.